The van der Waals surface area contributed by atoms with Crippen molar-refractivity contribution in [3.63, 3.8) is 0 Å². The fourth-order valence-corrected chi connectivity index (χ4v) is 3.90. The number of hydrogen-bond donors (Lipinski definition) is 1. The third-order valence-corrected chi connectivity index (χ3v) is 5.21. The highest BCUT2D eigenvalue weighted by Gasteiger charge is 2.24. The van der Waals surface area contributed by atoms with Gasteiger partial charge in [0.05, 0.1) is 6.20 Å². The van der Waals surface area contributed by atoms with Gasteiger partial charge < -0.3 is 10.2 Å². The third-order valence-electron chi connectivity index (χ3n) is 4.24. The van der Waals surface area contributed by atoms with Gasteiger partial charge in [0.25, 0.3) is 5.91 Å². The van der Waals surface area contributed by atoms with Crippen molar-refractivity contribution in [2.45, 2.75) is 18.9 Å². The largest absolute Gasteiger partial charge is 0.355 e. The molecule has 3 aromatic heterocycles. The summed E-state index contributed by atoms with van der Waals surface area (Å²) >= 11 is 1.33. The average molecular weight is 342 g/mol. The van der Waals surface area contributed by atoms with Crippen molar-refractivity contribution in [3.05, 3.63) is 35.6 Å². The van der Waals surface area contributed by atoms with Gasteiger partial charge in [-0.05, 0) is 25.0 Å². The van der Waals surface area contributed by atoms with Crippen molar-refractivity contribution < 1.29 is 4.79 Å². The van der Waals surface area contributed by atoms with E-state index < -0.39 is 0 Å². The molecule has 1 N–H and O–H groups in total. The van der Waals surface area contributed by atoms with Crippen LogP contribution in [-0.2, 0) is 7.05 Å². The van der Waals surface area contributed by atoms with E-state index in [1.165, 1.54) is 11.3 Å². The van der Waals surface area contributed by atoms with Crippen molar-refractivity contribution in [3.8, 4) is 0 Å². The highest BCUT2D eigenvalue weighted by Crippen LogP contribution is 2.21. The number of carbonyl (C=O) groups is 1. The number of amides is 1. The normalized spacial score (nSPS) is 18.0. The van der Waals surface area contributed by atoms with E-state index in [9.17, 15) is 4.79 Å². The van der Waals surface area contributed by atoms with Gasteiger partial charge in [-0.3, -0.25) is 9.48 Å². The van der Waals surface area contributed by atoms with Crippen LogP contribution in [0.3, 0.4) is 0 Å². The number of fused-ring (bicyclic) bond motifs is 1. The summed E-state index contributed by atoms with van der Waals surface area (Å²) in [5, 5.41) is 7.81. The van der Waals surface area contributed by atoms with E-state index in [2.05, 4.69) is 25.3 Å². The number of carbonyl (C=O) groups excluding carboxylic acids is 1. The number of rotatable bonds is 3. The first-order chi connectivity index (χ1) is 11.7. The van der Waals surface area contributed by atoms with Crippen LogP contribution in [0, 0.1) is 0 Å². The quantitative estimate of drug-likeness (QED) is 0.786. The van der Waals surface area contributed by atoms with Gasteiger partial charge in [0.2, 0.25) is 0 Å². The lowest BCUT2D eigenvalue weighted by atomic mass is 10.1. The molecular formula is C16H18N6OS. The Hall–Kier alpha value is -2.48. The molecule has 0 bridgehead atoms. The molecule has 124 valence electrons. The van der Waals surface area contributed by atoms with E-state index in [0.717, 1.165) is 42.1 Å². The average Bonchev–Trinajstić information content (AvgIpc) is 3.21. The molecule has 1 amide bonds. The first kappa shape index (κ1) is 15.1. The minimum atomic E-state index is -0.116. The fourth-order valence-electron chi connectivity index (χ4n) is 3.09. The molecule has 1 aliphatic rings. The first-order valence-electron chi connectivity index (χ1n) is 7.96. The molecule has 0 aliphatic carbocycles. The minimum absolute atomic E-state index is 0.112. The molecule has 0 unspecified atom stereocenters. The molecule has 24 heavy (non-hydrogen) atoms. The number of thiazole rings is 1. The van der Waals surface area contributed by atoms with Crippen LogP contribution < -0.4 is 10.2 Å². The van der Waals surface area contributed by atoms with Crippen LogP contribution in [0.25, 0.3) is 10.3 Å². The molecule has 0 spiro atoms. The Bertz CT molecular complexity index is 839. The molecule has 0 saturated carbocycles. The monoisotopic (exact) mass is 342 g/mol. The lowest BCUT2D eigenvalue weighted by Gasteiger charge is -2.34. The number of nitrogens with one attached hydrogen (secondary N) is 1. The van der Waals surface area contributed by atoms with Crippen molar-refractivity contribution in [2.75, 3.05) is 18.0 Å². The van der Waals surface area contributed by atoms with Crippen molar-refractivity contribution in [1.29, 1.82) is 0 Å². The molecule has 4 rings (SSSR count). The highest BCUT2D eigenvalue weighted by atomic mass is 32.1. The number of piperidine rings is 1. The lowest BCUT2D eigenvalue weighted by molar-refractivity contribution is 0.0933. The van der Waals surface area contributed by atoms with E-state index in [-0.39, 0.29) is 11.9 Å². The summed E-state index contributed by atoms with van der Waals surface area (Å²) in [6.07, 6.45) is 5.53. The summed E-state index contributed by atoms with van der Waals surface area (Å²) in [6.45, 7) is 1.77. The Morgan fingerprint density at radius 3 is 3.08 bits per heavy atom. The molecule has 4 heterocycles. The topological polar surface area (TPSA) is 75.9 Å². The lowest BCUT2D eigenvalue weighted by Crippen LogP contribution is -2.48. The minimum Gasteiger partial charge on any atom is -0.355 e. The Balaban J connectivity index is 1.46. The van der Waals surface area contributed by atoms with Crippen LogP contribution in [0.5, 0.6) is 0 Å². The van der Waals surface area contributed by atoms with Crippen molar-refractivity contribution in [2.24, 2.45) is 7.05 Å². The van der Waals surface area contributed by atoms with Gasteiger partial charge in [0, 0.05) is 38.4 Å². The van der Waals surface area contributed by atoms with Crippen LogP contribution in [-0.4, -0.2) is 44.8 Å². The highest BCUT2D eigenvalue weighted by molar-refractivity contribution is 7.19. The van der Waals surface area contributed by atoms with Crippen LogP contribution in [0.1, 0.15) is 22.6 Å². The number of aromatic nitrogens is 4. The van der Waals surface area contributed by atoms with E-state index >= 15 is 0 Å². The zero-order valence-electron chi connectivity index (χ0n) is 13.3. The molecular weight excluding hydrogens is 324 g/mol. The second-order valence-electron chi connectivity index (χ2n) is 5.92. The van der Waals surface area contributed by atoms with Crippen LogP contribution in [0.2, 0.25) is 0 Å². The summed E-state index contributed by atoms with van der Waals surface area (Å²) in [5.74, 6) is 0.966. The van der Waals surface area contributed by atoms with E-state index in [0.29, 0.717) is 5.01 Å². The molecule has 8 heteroatoms. The summed E-state index contributed by atoms with van der Waals surface area (Å²) in [6, 6.07) is 5.82. The SMILES string of the molecule is Cn1nccc1N1CCC[C@@H](NC(=O)c2nc3cccnc3s2)C1. The summed E-state index contributed by atoms with van der Waals surface area (Å²) < 4.78 is 1.86. The number of pyridine rings is 1. The summed E-state index contributed by atoms with van der Waals surface area (Å²) in [4.78, 5) is 24.2. The van der Waals surface area contributed by atoms with Gasteiger partial charge >= 0.3 is 0 Å². The predicted molar refractivity (Wildman–Crippen MR) is 93.3 cm³/mol. The van der Waals surface area contributed by atoms with Crippen LogP contribution in [0.4, 0.5) is 5.82 Å². The van der Waals surface area contributed by atoms with E-state index in [1.807, 2.05) is 29.9 Å². The first-order valence-corrected chi connectivity index (χ1v) is 8.78. The molecule has 1 aliphatic heterocycles. The van der Waals surface area contributed by atoms with Gasteiger partial charge in [-0.1, -0.05) is 11.3 Å². The molecule has 1 saturated heterocycles. The molecule has 7 nitrogen and oxygen atoms in total. The second kappa shape index (κ2) is 6.20. The third kappa shape index (κ3) is 2.84. The number of anilines is 1. The zero-order chi connectivity index (χ0) is 16.5. The molecule has 0 radical (unpaired) electrons. The predicted octanol–water partition coefficient (Wildman–Crippen LogP) is 1.82. The maximum Gasteiger partial charge on any atom is 0.280 e. The van der Waals surface area contributed by atoms with Gasteiger partial charge in [-0.2, -0.15) is 5.10 Å². The molecule has 3 aromatic rings. The molecule has 0 aromatic carbocycles. The zero-order valence-corrected chi connectivity index (χ0v) is 14.2. The fraction of sp³-hybridized carbons (Fsp3) is 0.375. The Morgan fingerprint density at radius 1 is 1.38 bits per heavy atom. The maximum absolute atomic E-state index is 12.5. The van der Waals surface area contributed by atoms with Gasteiger partial charge in [0.15, 0.2) is 5.01 Å². The summed E-state index contributed by atoms with van der Waals surface area (Å²) in [5.41, 5.74) is 0.771. The number of nitrogens with zero attached hydrogens (tertiary/aromatic N) is 5. The smallest absolute Gasteiger partial charge is 0.280 e. The molecule has 1 atom stereocenters. The number of aryl methyl sites for hydroxylation is 1. The number of hydrogen-bond acceptors (Lipinski definition) is 6. The Labute approximate surface area is 143 Å². The van der Waals surface area contributed by atoms with Gasteiger partial charge in [0.1, 0.15) is 16.2 Å². The Kier molecular flexibility index (Phi) is 3.89. The van der Waals surface area contributed by atoms with Crippen LogP contribution >= 0.6 is 11.3 Å². The maximum atomic E-state index is 12.5. The van der Waals surface area contributed by atoms with E-state index in [4.69, 9.17) is 0 Å². The van der Waals surface area contributed by atoms with E-state index in [1.54, 1.807) is 12.4 Å². The van der Waals surface area contributed by atoms with Gasteiger partial charge in [-0.25, -0.2) is 9.97 Å². The van der Waals surface area contributed by atoms with Crippen LogP contribution in [0.15, 0.2) is 30.6 Å². The Morgan fingerprint density at radius 2 is 2.29 bits per heavy atom. The van der Waals surface area contributed by atoms with Crippen molar-refractivity contribution >= 4 is 33.4 Å². The second-order valence-corrected chi connectivity index (χ2v) is 6.90. The standard InChI is InChI=1S/C16H18N6OS/c1-21-13(6-8-18-21)22-9-3-4-11(10-22)19-14(23)16-20-12-5-2-7-17-15(12)24-16/h2,5-8,11H,3-4,9-10H2,1H3,(H,19,23)/t11-/m1/s1. The van der Waals surface area contributed by atoms with Crippen molar-refractivity contribution in [1.82, 2.24) is 25.1 Å². The van der Waals surface area contributed by atoms with Gasteiger partial charge in [-0.15, -0.1) is 0 Å². The molecule has 1 fully saturated rings. The summed E-state index contributed by atoms with van der Waals surface area (Å²) in [7, 11) is 1.94.